The first-order valence-corrected chi connectivity index (χ1v) is 13.8. The number of hydrogen-bond acceptors (Lipinski definition) is 5. The average Bonchev–Trinajstić information content (AvgIpc) is 3.37. The third-order valence-corrected chi connectivity index (χ3v) is 7.30. The lowest BCUT2D eigenvalue weighted by molar-refractivity contribution is -0.137. The minimum Gasteiger partial charge on any atom is -0.339 e. The van der Waals surface area contributed by atoms with Crippen molar-refractivity contribution >= 4 is 17.6 Å². The number of para-hydroxylation sites is 1. The average molecular weight is 595 g/mol. The molecule has 0 saturated carbocycles. The third-order valence-electron chi connectivity index (χ3n) is 7.30. The molecule has 1 aliphatic rings. The van der Waals surface area contributed by atoms with E-state index in [1.54, 1.807) is 11.6 Å². The quantitative estimate of drug-likeness (QED) is 0.197. The van der Waals surface area contributed by atoms with Crippen LogP contribution in [-0.2, 0) is 17.5 Å². The molecule has 2 heterocycles. The van der Waals surface area contributed by atoms with Crippen LogP contribution in [0.25, 0.3) is 5.69 Å². The van der Waals surface area contributed by atoms with Gasteiger partial charge in [0, 0.05) is 43.2 Å². The fourth-order valence-corrected chi connectivity index (χ4v) is 5.35. The number of halogens is 4. The van der Waals surface area contributed by atoms with E-state index >= 15 is 0 Å². The molecule has 12 heteroatoms. The van der Waals surface area contributed by atoms with Crippen molar-refractivity contribution in [2.45, 2.75) is 31.6 Å². The standard InChI is InChI=1S/C31H30F4N6O2/c1-2-40-29-26(24(18-37-16-15-36)39-41(29)23-9-4-3-5-10-23)25(19-11-13-22(32)14-12-19)27(30(40)43)38-28(42)20-7-6-8-21(17-20)31(33,34)35/h3-14,17,25,27,37H,2,15-16,18,36H2,1H3,(H,38,42)/t25-,27-/m0/s1. The van der Waals surface area contributed by atoms with E-state index < -0.39 is 41.3 Å². The maximum atomic E-state index is 14.2. The Morgan fingerprint density at radius 1 is 1.02 bits per heavy atom. The maximum Gasteiger partial charge on any atom is 0.416 e. The lowest BCUT2D eigenvalue weighted by atomic mass is 9.80. The number of alkyl halides is 3. The molecule has 4 N–H and O–H groups in total. The van der Waals surface area contributed by atoms with Crippen LogP contribution >= 0.6 is 0 Å². The summed E-state index contributed by atoms with van der Waals surface area (Å²) in [6.07, 6.45) is -4.65. The molecular weight excluding hydrogens is 564 g/mol. The molecule has 5 rings (SSSR count). The van der Waals surface area contributed by atoms with Gasteiger partial charge in [-0.25, -0.2) is 9.07 Å². The summed E-state index contributed by atoms with van der Waals surface area (Å²) in [5.74, 6) is -2.18. The van der Waals surface area contributed by atoms with Crippen molar-refractivity contribution in [1.82, 2.24) is 20.4 Å². The Morgan fingerprint density at radius 3 is 2.40 bits per heavy atom. The highest BCUT2D eigenvalue weighted by molar-refractivity contribution is 6.05. The molecule has 0 fully saturated rings. The molecule has 8 nitrogen and oxygen atoms in total. The number of nitrogens with one attached hydrogen (secondary N) is 2. The van der Waals surface area contributed by atoms with Crippen molar-refractivity contribution in [1.29, 1.82) is 0 Å². The number of hydrogen-bond donors (Lipinski definition) is 3. The van der Waals surface area contributed by atoms with Gasteiger partial charge >= 0.3 is 6.18 Å². The van der Waals surface area contributed by atoms with Gasteiger partial charge in [-0.3, -0.25) is 14.5 Å². The molecule has 0 aliphatic carbocycles. The number of aromatic nitrogens is 2. The molecule has 0 radical (unpaired) electrons. The van der Waals surface area contributed by atoms with E-state index in [-0.39, 0.29) is 18.7 Å². The SMILES string of the molecule is CCN1C(=O)[C@@H](NC(=O)c2cccc(C(F)(F)F)c2)[C@@H](c2ccc(F)cc2)c2c(CNCCN)nn(-c3ccccc3)c21. The minimum atomic E-state index is -4.65. The smallest absolute Gasteiger partial charge is 0.339 e. The van der Waals surface area contributed by atoms with Crippen molar-refractivity contribution in [2.24, 2.45) is 5.73 Å². The molecule has 0 bridgehead atoms. The second kappa shape index (κ2) is 12.4. The highest BCUT2D eigenvalue weighted by Crippen LogP contribution is 2.43. The van der Waals surface area contributed by atoms with Gasteiger partial charge in [0.05, 0.1) is 16.9 Å². The third kappa shape index (κ3) is 6.02. The van der Waals surface area contributed by atoms with Gasteiger partial charge in [-0.15, -0.1) is 0 Å². The number of carbonyl (C=O) groups excluding carboxylic acids is 2. The molecule has 43 heavy (non-hydrogen) atoms. The van der Waals surface area contributed by atoms with Gasteiger partial charge in [-0.2, -0.15) is 18.3 Å². The summed E-state index contributed by atoms with van der Waals surface area (Å²) in [4.78, 5) is 29.1. The minimum absolute atomic E-state index is 0.214. The van der Waals surface area contributed by atoms with Crippen LogP contribution in [0.3, 0.4) is 0 Å². The zero-order chi connectivity index (χ0) is 30.7. The van der Waals surface area contributed by atoms with Crippen molar-refractivity contribution in [3.63, 3.8) is 0 Å². The van der Waals surface area contributed by atoms with Crippen LogP contribution in [-0.4, -0.2) is 47.3 Å². The summed E-state index contributed by atoms with van der Waals surface area (Å²) >= 11 is 0. The molecule has 224 valence electrons. The van der Waals surface area contributed by atoms with Crippen LogP contribution in [0, 0.1) is 5.82 Å². The number of fused-ring (bicyclic) bond motifs is 1. The predicted molar refractivity (Wildman–Crippen MR) is 153 cm³/mol. The molecule has 0 spiro atoms. The number of benzene rings is 3. The molecule has 1 aliphatic heterocycles. The monoisotopic (exact) mass is 594 g/mol. The first kappa shape index (κ1) is 29.9. The summed E-state index contributed by atoms with van der Waals surface area (Å²) in [5, 5.41) is 10.8. The first-order chi connectivity index (χ1) is 20.6. The second-order valence-corrected chi connectivity index (χ2v) is 10.0. The van der Waals surface area contributed by atoms with E-state index in [1.165, 1.54) is 35.2 Å². The summed E-state index contributed by atoms with van der Waals surface area (Å²) < 4.78 is 55.9. The Bertz CT molecular complexity index is 1610. The summed E-state index contributed by atoms with van der Waals surface area (Å²) in [7, 11) is 0. The summed E-state index contributed by atoms with van der Waals surface area (Å²) in [5.41, 5.74) is 6.87. The molecule has 3 aromatic carbocycles. The molecule has 0 unspecified atom stereocenters. The zero-order valence-electron chi connectivity index (χ0n) is 23.2. The summed E-state index contributed by atoms with van der Waals surface area (Å²) in [6, 6.07) is 17.6. The Hall–Kier alpha value is -4.55. The van der Waals surface area contributed by atoms with Gasteiger partial charge in [0.2, 0.25) is 0 Å². The highest BCUT2D eigenvalue weighted by Gasteiger charge is 2.46. The van der Waals surface area contributed by atoms with E-state index in [9.17, 15) is 27.2 Å². The molecule has 1 aromatic heterocycles. The van der Waals surface area contributed by atoms with Gasteiger partial charge < -0.3 is 16.4 Å². The predicted octanol–water partition coefficient (Wildman–Crippen LogP) is 4.38. The number of likely N-dealkylation sites (N-methyl/N-ethyl adjacent to an activating group) is 1. The molecule has 0 saturated heterocycles. The van der Waals surface area contributed by atoms with E-state index in [1.807, 2.05) is 30.3 Å². The van der Waals surface area contributed by atoms with Crippen LogP contribution in [0.2, 0.25) is 0 Å². The molecule has 2 atom stereocenters. The molecular formula is C31H30F4N6O2. The van der Waals surface area contributed by atoms with Crippen molar-refractivity contribution in [2.75, 3.05) is 24.5 Å². The van der Waals surface area contributed by atoms with E-state index in [2.05, 4.69) is 10.6 Å². The first-order valence-electron chi connectivity index (χ1n) is 13.8. The number of carbonyl (C=O) groups is 2. The van der Waals surface area contributed by atoms with Gasteiger partial charge in [-0.05, 0) is 55.0 Å². The van der Waals surface area contributed by atoms with E-state index in [0.717, 1.165) is 18.2 Å². The normalized spacial score (nSPS) is 16.7. The van der Waals surface area contributed by atoms with Crippen LogP contribution in [0.4, 0.5) is 23.4 Å². The fourth-order valence-electron chi connectivity index (χ4n) is 5.35. The Morgan fingerprint density at radius 2 is 1.74 bits per heavy atom. The van der Waals surface area contributed by atoms with Crippen molar-refractivity contribution in [3.8, 4) is 5.69 Å². The number of amides is 2. The number of nitrogens with two attached hydrogens (primary N) is 1. The van der Waals surface area contributed by atoms with Gasteiger partial charge in [0.25, 0.3) is 11.8 Å². The largest absolute Gasteiger partial charge is 0.416 e. The Kier molecular flexibility index (Phi) is 8.60. The Balaban J connectivity index is 1.68. The number of nitrogens with zero attached hydrogens (tertiary/aromatic N) is 3. The van der Waals surface area contributed by atoms with Crippen molar-refractivity contribution < 1.29 is 27.2 Å². The maximum absolute atomic E-state index is 14.2. The van der Waals surface area contributed by atoms with E-state index in [4.69, 9.17) is 10.8 Å². The molecule has 2 amide bonds. The fraction of sp³-hybridized carbons (Fsp3) is 0.258. The van der Waals surface area contributed by atoms with Crippen LogP contribution < -0.4 is 21.3 Å². The van der Waals surface area contributed by atoms with Gasteiger partial charge in [0.1, 0.15) is 17.7 Å². The van der Waals surface area contributed by atoms with Crippen LogP contribution in [0.1, 0.15) is 45.6 Å². The van der Waals surface area contributed by atoms with Crippen LogP contribution in [0.15, 0.2) is 78.9 Å². The van der Waals surface area contributed by atoms with Gasteiger partial charge in [-0.1, -0.05) is 36.4 Å². The van der Waals surface area contributed by atoms with Gasteiger partial charge in [0.15, 0.2) is 0 Å². The Labute approximate surface area is 245 Å². The lowest BCUT2D eigenvalue weighted by Crippen LogP contribution is -2.55. The second-order valence-electron chi connectivity index (χ2n) is 10.0. The zero-order valence-corrected chi connectivity index (χ0v) is 23.2. The summed E-state index contributed by atoms with van der Waals surface area (Å²) in [6.45, 7) is 3.13. The van der Waals surface area contributed by atoms with Crippen LogP contribution in [0.5, 0.6) is 0 Å². The number of rotatable bonds is 9. The van der Waals surface area contributed by atoms with E-state index in [0.29, 0.717) is 41.4 Å². The topological polar surface area (TPSA) is 105 Å². The lowest BCUT2D eigenvalue weighted by Gasteiger charge is -2.38. The number of anilines is 1. The highest BCUT2D eigenvalue weighted by atomic mass is 19.4. The van der Waals surface area contributed by atoms with Crippen molar-refractivity contribution in [3.05, 3.63) is 113 Å². The molecule has 4 aromatic rings.